The summed E-state index contributed by atoms with van der Waals surface area (Å²) >= 11 is 0. The average Bonchev–Trinajstić information content (AvgIpc) is 3.11. The van der Waals surface area contributed by atoms with Gasteiger partial charge >= 0.3 is 0 Å². The van der Waals surface area contributed by atoms with Gasteiger partial charge in [0.15, 0.2) is 0 Å². The standard InChI is InChI=1S/C29H52N4O/c1-24(2)11-7-12-25(3)13-8-14-26(4)15-9-16-27(5)21-29(34)31-19-17-28-22-33(20-10-18-30)23-32(28)6/h11,13,15,21,28H,7-10,12,14,16-20,22-23,30H2,1-6H3,(H,31,34)/p+1. The molecule has 2 unspecified atom stereocenters. The van der Waals surface area contributed by atoms with E-state index in [-0.39, 0.29) is 5.91 Å². The molecular formula is C29H53N4O+. The van der Waals surface area contributed by atoms with Crippen molar-refractivity contribution >= 4 is 5.91 Å². The van der Waals surface area contributed by atoms with Crippen molar-refractivity contribution in [2.75, 3.05) is 39.9 Å². The first kappa shape index (κ1) is 30.3. The molecule has 1 heterocycles. The van der Waals surface area contributed by atoms with Crippen molar-refractivity contribution in [2.45, 2.75) is 92.0 Å². The molecule has 1 saturated heterocycles. The molecular weight excluding hydrogens is 420 g/mol. The number of nitrogens with zero attached hydrogens (tertiary/aromatic N) is 1. The Bertz CT molecular complexity index is 716. The zero-order valence-electron chi connectivity index (χ0n) is 23.0. The number of nitrogens with one attached hydrogen (secondary N) is 2. The number of rotatable bonds is 16. The number of allylic oxidation sites excluding steroid dienone is 7. The first-order valence-electron chi connectivity index (χ1n) is 13.3. The summed E-state index contributed by atoms with van der Waals surface area (Å²) in [7, 11) is 2.19. The molecule has 0 aliphatic carbocycles. The highest BCUT2D eigenvalue weighted by Gasteiger charge is 2.30. The van der Waals surface area contributed by atoms with Gasteiger partial charge < -0.3 is 16.0 Å². The minimum atomic E-state index is 0.0416. The summed E-state index contributed by atoms with van der Waals surface area (Å²) in [4.78, 5) is 16.3. The van der Waals surface area contributed by atoms with E-state index in [1.54, 1.807) is 11.0 Å². The molecule has 0 aromatic rings. The highest BCUT2D eigenvalue weighted by atomic mass is 16.1. The molecule has 0 bridgehead atoms. The van der Waals surface area contributed by atoms with Crippen molar-refractivity contribution in [1.29, 1.82) is 0 Å². The summed E-state index contributed by atoms with van der Waals surface area (Å²) in [6, 6.07) is 0.544. The molecule has 1 aliphatic heterocycles. The van der Waals surface area contributed by atoms with Crippen LogP contribution in [0, 0.1) is 0 Å². The van der Waals surface area contributed by atoms with Crippen LogP contribution in [0.5, 0.6) is 0 Å². The molecule has 0 aromatic heterocycles. The van der Waals surface area contributed by atoms with Gasteiger partial charge in [0, 0.05) is 19.0 Å². The smallest absolute Gasteiger partial charge is 0.243 e. The highest BCUT2D eigenvalue weighted by molar-refractivity contribution is 5.88. The predicted octanol–water partition coefficient (Wildman–Crippen LogP) is 4.14. The van der Waals surface area contributed by atoms with Gasteiger partial charge in [0.1, 0.15) is 6.67 Å². The molecule has 0 aromatic carbocycles. The maximum atomic E-state index is 12.3. The number of hydrogen-bond donors (Lipinski definition) is 3. The van der Waals surface area contributed by atoms with Gasteiger partial charge in [-0.05, 0) is 93.2 Å². The first-order chi connectivity index (χ1) is 16.2. The molecule has 0 spiro atoms. The zero-order valence-corrected chi connectivity index (χ0v) is 23.0. The lowest BCUT2D eigenvalue weighted by molar-refractivity contribution is -0.892. The second kappa shape index (κ2) is 17.7. The van der Waals surface area contributed by atoms with Crippen molar-refractivity contribution in [1.82, 2.24) is 10.2 Å². The summed E-state index contributed by atoms with van der Waals surface area (Å²) in [5, 5.41) is 3.08. The first-order valence-corrected chi connectivity index (χ1v) is 13.3. The minimum Gasteiger partial charge on any atom is -0.352 e. The van der Waals surface area contributed by atoms with E-state index >= 15 is 0 Å². The Morgan fingerprint density at radius 3 is 2.15 bits per heavy atom. The molecule has 34 heavy (non-hydrogen) atoms. The molecule has 1 fully saturated rings. The normalized spacial score (nSPS) is 20.0. The van der Waals surface area contributed by atoms with Gasteiger partial charge in [-0.25, -0.2) is 0 Å². The quantitative estimate of drug-likeness (QED) is 0.233. The second-order valence-electron chi connectivity index (χ2n) is 10.5. The van der Waals surface area contributed by atoms with Crippen LogP contribution in [0.1, 0.15) is 86.0 Å². The Labute approximate surface area is 210 Å². The Hall–Kier alpha value is -1.69. The van der Waals surface area contributed by atoms with E-state index in [1.807, 2.05) is 0 Å². The van der Waals surface area contributed by atoms with E-state index < -0.39 is 0 Å². The monoisotopic (exact) mass is 473 g/mol. The van der Waals surface area contributed by atoms with Crippen LogP contribution in [-0.2, 0) is 4.79 Å². The van der Waals surface area contributed by atoms with Gasteiger partial charge in [0.25, 0.3) is 0 Å². The number of likely N-dealkylation sites (N-methyl/N-ethyl adjacent to an activating group) is 1. The second-order valence-corrected chi connectivity index (χ2v) is 10.5. The molecule has 1 rings (SSSR count). The molecule has 1 amide bonds. The van der Waals surface area contributed by atoms with Gasteiger partial charge in [-0.2, -0.15) is 0 Å². The zero-order chi connectivity index (χ0) is 25.3. The summed E-state index contributed by atoms with van der Waals surface area (Å²) in [6.07, 6.45) is 17.4. The fourth-order valence-corrected chi connectivity index (χ4v) is 4.49. The lowest BCUT2D eigenvalue weighted by atomic mass is 10.0. The van der Waals surface area contributed by atoms with Gasteiger partial charge in [-0.3, -0.25) is 9.69 Å². The lowest BCUT2D eigenvalue weighted by Gasteiger charge is -2.14. The van der Waals surface area contributed by atoms with E-state index in [1.165, 1.54) is 16.7 Å². The van der Waals surface area contributed by atoms with Crippen molar-refractivity contribution in [2.24, 2.45) is 5.73 Å². The number of amides is 1. The topological polar surface area (TPSA) is 62.8 Å². The van der Waals surface area contributed by atoms with Gasteiger partial charge in [0.05, 0.1) is 19.1 Å². The highest BCUT2D eigenvalue weighted by Crippen LogP contribution is 2.13. The van der Waals surface area contributed by atoms with Crippen molar-refractivity contribution in [3.8, 4) is 0 Å². The van der Waals surface area contributed by atoms with Crippen LogP contribution in [0.3, 0.4) is 0 Å². The van der Waals surface area contributed by atoms with E-state index in [0.29, 0.717) is 6.04 Å². The van der Waals surface area contributed by atoms with E-state index in [0.717, 1.165) is 89.8 Å². The van der Waals surface area contributed by atoms with E-state index in [9.17, 15) is 4.79 Å². The fourth-order valence-electron chi connectivity index (χ4n) is 4.49. The summed E-state index contributed by atoms with van der Waals surface area (Å²) < 4.78 is 0. The number of carbonyl (C=O) groups is 1. The number of carbonyl (C=O) groups excluding carboxylic acids is 1. The molecule has 2 atom stereocenters. The van der Waals surface area contributed by atoms with E-state index in [4.69, 9.17) is 5.73 Å². The van der Waals surface area contributed by atoms with Crippen LogP contribution in [0.2, 0.25) is 0 Å². The van der Waals surface area contributed by atoms with Crippen molar-refractivity contribution < 1.29 is 9.69 Å². The van der Waals surface area contributed by atoms with Gasteiger partial charge in [-0.1, -0.05) is 40.5 Å². The molecule has 5 heteroatoms. The van der Waals surface area contributed by atoms with E-state index in [2.05, 4.69) is 70.1 Å². The molecule has 0 saturated carbocycles. The van der Waals surface area contributed by atoms with Crippen LogP contribution < -0.4 is 16.0 Å². The van der Waals surface area contributed by atoms with Gasteiger partial charge in [0.2, 0.25) is 5.91 Å². The number of hydrogen-bond acceptors (Lipinski definition) is 3. The lowest BCUT2D eigenvalue weighted by Crippen LogP contribution is -3.11. The van der Waals surface area contributed by atoms with Crippen molar-refractivity contribution in [3.63, 3.8) is 0 Å². The maximum absolute atomic E-state index is 12.3. The minimum absolute atomic E-state index is 0.0416. The average molecular weight is 474 g/mol. The third kappa shape index (κ3) is 14.5. The van der Waals surface area contributed by atoms with Crippen LogP contribution in [-0.4, -0.2) is 56.7 Å². The summed E-state index contributed by atoms with van der Waals surface area (Å²) in [5.74, 6) is 0.0416. The Morgan fingerprint density at radius 1 is 0.971 bits per heavy atom. The molecule has 0 radical (unpaired) electrons. The maximum Gasteiger partial charge on any atom is 0.243 e. The molecule has 1 aliphatic rings. The summed E-state index contributed by atoms with van der Waals surface area (Å²) in [5.41, 5.74) is 11.1. The van der Waals surface area contributed by atoms with Crippen LogP contribution in [0.25, 0.3) is 0 Å². The number of nitrogens with two attached hydrogens (primary N) is 1. The number of quaternary nitrogens is 1. The Morgan fingerprint density at radius 2 is 1.56 bits per heavy atom. The Balaban J connectivity index is 2.23. The third-order valence-corrected chi connectivity index (χ3v) is 6.66. The predicted molar refractivity (Wildman–Crippen MR) is 147 cm³/mol. The van der Waals surface area contributed by atoms with Crippen LogP contribution in [0.15, 0.2) is 46.6 Å². The summed E-state index contributed by atoms with van der Waals surface area (Å²) in [6.45, 7) is 15.7. The van der Waals surface area contributed by atoms with Crippen LogP contribution in [0.4, 0.5) is 0 Å². The third-order valence-electron chi connectivity index (χ3n) is 6.66. The van der Waals surface area contributed by atoms with Gasteiger partial charge in [-0.15, -0.1) is 0 Å². The molecule has 194 valence electrons. The Kier molecular flexibility index (Phi) is 15.8. The fraction of sp³-hybridized carbons (Fsp3) is 0.690. The van der Waals surface area contributed by atoms with Crippen LogP contribution >= 0.6 is 0 Å². The largest absolute Gasteiger partial charge is 0.352 e. The molecule has 5 nitrogen and oxygen atoms in total. The molecule has 4 N–H and O–H groups in total. The van der Waals surface area contributed by atoms with Crippen molar-refractivity contribution in [3.05, 3.63) is 46.6 Å². The SMILES string of the molecule is CC(C)=CCCC(C)=CCCC(C)=CCCC(C)=CC(=O)NCCC1C[NH+](CCCN)CN1C.